The summed E-state index contributed by atoms with van der Waals surface area (Å²) < 4.78 is 19.1. The summed E-state index contributed by atoms with van der Waals surface area (Å²) >= 11 is 1.44. The van der Waals surface area contributed by atoms with E-state index in [4.69, 9.17) is 10.6 Å². The molecule has 3 nitrogen and oxygen atoms in total. The molecule has 1 atom stereocenters. The average molecular weight is 306 g/mol. The summed E-state index contributed by atoms with van der Waals surface area (Å²) in [5, 5.41) is 0. The van der Waals surface area contributed by atoms with Gasteiger partial charge in [0.25, 0.3) is 0 Å². The van der Waals surface area contributed by atoms with Crippen LogP contribution in [0.2, 0.25) is 0 Å². The van der Waals surface area contributed by atoms with E-state index in [1.165, 1.54) is 17.8 Å². The lowest BCUT2D eigenvalue weighted by molar-refractivity contribution is 0.339. The van der Waals surface area contributed by atoms with E-state index in [1.807, 2.05) is 37.3 Å². The van der Waals surface area contributed by atoms with Gasteiger partial charge in [0, 0.05) is 10.6 Å². The second-order valence-corrected chi connectivity index (χ2v) is 5.53. The standard InChI is InChI=1S/C16H19FN2OS/c1-2-20-13-7-5-6-12(10-13)15(19-18)11-21-16-9-4-3-8-14(16)17/h3-10,15,19H,2,11,18H2,1H3. The third-order valence-electron chi connectivity index (χ3n) is 3.01. The van der Waals surface area contributed by atoms with Crippen molar-refractivity contribution in [2.24, 2.45) is 5.84 Å². The summed E-state index contributed by atoms with van der Waals surface area (Å²) in [4.78, 5) is 0.624. The number of nitrogens with two attached hydrogens (primary N) is 1. The minimum Gasteiger partial charge on any atom is -0.494 e. The van der Waals surface area contributed by atoms with E-state index < -0.39 is 0 Å². The number of hydrazine groups is 1. The van der Waals surface area contributed by atoms with E-state index in [2.05, 4.69) is 5.43 Å². The third kappa shape index (κ3) is 4.46. The number of hydrogen-bond acceptors (Lipinski definition) is 4. The highest BCUT2D eigenvalue weighted by Crippen LogP contribution is 2.27. The average Bonchev–Trinajstić information content (AvgIpc) is 2.50. The Balaban J connectivity index is 2.06. The Bertz CT molecular complexity index is 580. The van der Waals surface area contributed by atoms with Crippen molar-refractivity contribution in [3.05, 3.63) is 59.9 Å². The number of halogens is 1. The van der Waals surface area contributed by atoms with Crippen molar-refractivity contribution in [1.29, 1.82) is 0 Å². The van der Waals surface area contributed by atoms with Gasteiger partial charge in [-0.2, -0.15) is 0 Å². The summed E-state index contributed by atoms with van der Waals surface area (Å²) in [6, 6.07) is 14.4. The van der Waals surface area contributed by atoms with Crippen LogP contribution in [-0.4, -0.2) is 12.4 Å². The number of benzene rings is 2. The minimum atomic E-state index is -0.207. The van der Waals surface area contributed by atoms with Crippen LogP contribution in [0.25, 0.3) is 0 Å². The quantitative estimate of drug-likeness (QED) is 0.467. The first-order valence-corrected chi connectivity index (χ1v) is 7.79. The Kier molecular flexibility index (Phi) is 6.04. The number of hydrogen-bond donors (Lipinski definition) is 2. The molecule has 0 amide bonds. The van der Waals surface area contributed by atoms with Crippen molar-refractivity contribution in [1.82, 2.24) is 5.43 Å². The van der Waals surface area contributed by atoms with Crippen molar-refractivity contribution in [2.75, 3.05) is 12.4 Å². The Hall–Kier alpha value is -1.56. The fourth-order valence-corrected chi connectivity index (χ4v) is 2.98. The van der Waals surface area contributed by atoms with Gasteiger partial charge in [-0.15, -0.1) is 11.8 Å². The molecule has 0 aliphatic heterocycles. The van der Waals surface area contributed by atoms with E-state index in [9.17, 15) is 4.39 Å². The molecule has 2 aromatic carbocycles. The van der Waals surface area contributed by atoms with Crippen LogP contribution < -0.4 is 16.0 Å². The fourth-order valence-electron chi connectivity index (χ4n) is 1.96. The van der Waals surface area contributed by atoms with E-state index >= 15 is 0 Å². The largest absolute Gasteiger partial charge is 0.494 e. The van der Waals surface area contributed by atoms with E-state index in [-0.39, 0.29) is 11.9 Å². The summed E-state index contributed by atoms with van der Waals surface area (Å²) in [5.74, 6) is 6.87. The van der Waals surface area contributed by atoms with Gasteiger partial charge in [-0.05, 0) is 36.8 Å². The summed E-state index contributed by atoms with van der Waals surface area (Å²) in [6.45, 7) is 2.56. The van der Waals surface area contributed by atoms with Crippen LogP contribution in [0, 0.1) is 5.82 Å². The van der Waals surface area contributed by atoms with Crippen LogP contribution in [0.15, 0.2) is 53.4 Å². The first kappa shape index (κ1) is 15.8. The van der Waals surface area contributed by atoms with Gasteiger partial charge in [-0.25, -0.2) is 4.39 Å². The SMILES string of the molecule is CCOc1cccc(C(CSc2ccccc2F)NN)c1. The van der Waals surface area contributed by atoms with Crippen LogP contribution in [0.1, 0.15) is 18.5 Å². The smallest absolute Gasteiger partial charge is 0.136 e. The van der Waals surface area contributed by atoms with Gasteiger partial charge in [-0.1, -0.05) is 24.3 Å². The molecule has 3 N–H and O–H groups in total. The lowest BCUT2D eigenvalue weighted by Crippen LogP contribution is -2.29. The predicted octanol–water partition coefficient (Wildman–Crippen LogP) is 3.52. The van der Waals surface area contributed by atoms with Crippen LogP contribution in [0.5, 0.6) is 5.75 Å². The van der Waals surface area contributed by atoms with Crippen molar-refractivity contribution >= 4 is 11.8 Å². The monoisotopic (exact) mass is 306 g/mol. The van der Waals surface area contributed by atoms with E-state index in [0.717, 1.165) is 11.3 Å². The van der Waals surface area contributed by atoms with Gasteiger partial charge >= 0.3 is 0 Å². The molecule has 0 aliphatic rings. The number of thioether (sulfide) groups is 1. The lowest BCUT2D eigenvalue weighted by atomic mass is 10.1. The first-order chi connectivity index (χ1) is 10.2. The second-order valence-electron chi connectivity index (χ2n) is 4.47. The normalized spacial score (nSPS) is 12.1. The van der Waals surface area contributed by atoms with Crippen molar-refractivity contribution < 1.29 is 9.13 Å². The molecular weight excluding hydrogens is 287 g/mol. The summed E-state index contributed by atoms with van der Waals surface area (Å²) in [7, 11) is 0. The first-order valence-electron chi connectivity index (χ1n) is 6.80. The molecule has 21 heavy (non-hydrogen) atoms. The Labute approximate surface area is 128 Å². The highest BCUT2D eigenvalue weighted by Gasteiger charge is 2.12. The molecule has 2 rings (SSSR count). The van der Waals surface area contributed by atoms with Crippen LogP contribution in [0.3, 0.4) is 0 Å². The molecule has 0 radical (unpaired) electrons. The van der Waals surface area contributed by atoms with Crippen molar-refractivity contribution in [2.45, 2.75) is 17.9 Å². The highest BCUT2D eigenvalue weighted by atomic mass is 32.2. The number of ether oxygens (including phenoxy) is 1. The molecule has 5 heteroatoms. The zero-order chi connectivity index (χ0) is 15.1. The van der Waals surface area contributed by atoms with Gasteiger partial charge in [0.05, 0.1) is 12.6 Å². The van der Waals surface area contributed by atoms with Crippen LogP contribution in [0.4, 0.5) is 4.39 Å². The molecular formula is C16H19FN2OS. The number of rotatable bonds is 7. The highest BCUT2D eigenvalue weighted by molar-refractivity contribution is 7.99. The summed E-state index contributed by atoms with van der Waals surface area (Å²) in [5.41, 5.74) is 3.80. The zero-order valence-corrected chi connectivity index (χ0v) is 12.7. The lowest BCUT2D eigenvalue weighted by Gasteiger charge is -2.17. The van der Waals surface area contributed by atoms with Crippen molar-refractivity contribution in [3.63, 3.8) is 0 Å². The maximum atomic E-state index is 13.6. The molecule has 1 unspecified atom stereocenters. The minimum absolute atomic E-state index is 0.0741. The molecule has 0 aliphatic carbocycles. The molecule has 2 aromatic rings. The molecule has 0 heterocycles. The van der Waals surface area contributed by atoms with Gasteiger partial charge in [0.1, 0.15) is 11.6 Å². The Morgan fingerprint density at radius 3 is 2.76 bits per heavy atom. The fraction of sp³-hybridized carbons (Fsp3) is 0.250. The molecule has 0 saturated heterocycles. The maximum absolute atomic E-state index is 13.6. The van der Waals surface area contributed by atoms with E-state index in [0.29, 0.717) is 17.3 Å². The second kappa shape index (κ2) is 8.02. The number of nitrogens with one attached hydrogen (secondary N) is 1. The Morgan fingerprint density at radius 1 is 1.24 bits per heavy atom. The van der Waals surface area contributed by atoms with Crippen LogP contribution >= 0.6 is 11.8 Å². The van der Waals surface area contributed by atoms with Gasteiger partial charge in [-0.3, -0.25) is 11.3 Å². The predicted molar refractivity (Wildman–Crippen MR) is 84.8 cm³/mol. The Morgan fingerprint density at radius 2 is 2.05 bits per heavy atom. The van der Waals surface area contributed by atoms with Gasteiger partial charge in [0.2, 0.25) is 0 Å². The maximum Gasteiger partial charge on any atom is 0.136 e. The molecule has 0 spiro atoms. The molecule has 112 valence electrons. The molecule has 0 aromatic heterocycles. The van der Waals surface area contributed by atoms with Gasteiger partial charge < -0.3 is 4.74 Å². The van der Waals surface area contributed by atoms with Gasteiger partial charge in [0.15, 0.2) is 0 Å². The third-order valence-corrected chi connectivity index (χ3v) is 4.16. The molecule has 0 saturated carbocycles. The topological polar surface area (TPSA) is 47.3 Å². The van der Waals surface area contributed by atoms with Crippen LogP contribution in [-0.2, 0) is 0 Å². The molecule has 0 fully saturated rings. The molecule has 0 bridgehead atoms. The zero-order valence-electron chi connectivity index (χ0n) is 11.9. The van der Waals surface area contributed by atoms with Crippen molar-refractivity contribution in [3.8, 4) is 5.75 Å². The van der Waals surface area contributed by atoms with E-state index in [1.54, 1.807) is 12.1 Å². The summed E-state index contributed by atoms with van der Waals surface area (Å²) in [6.07, 6.45) is 0.